The van der Waals surface area contributed by atoms with E-state index < -0.39 is 8.41 Å². The molecule has 0 aliphatic heterocycles. The van der Waals surface area contributed by atoms with E-state index in [1.54, 1.807) is 0 Å². The average Bonchev–Trinajstić information content (AvgIpc) is 3.65. The first-order chi connectivity index (χ1) is 20.2. The first-order valence-corrected chi connectivity index (χ1v) is 16.7. The molecule has 42 heavy (non-hydrogen) atoms. The van der Waals surface area contributed by atoms with E-state index in [0.29, 0.717) is 0 Å². The van der Waals surface area contributed by atoms with E-state index in [2.05, 4.69) is 165 Å². The molecule has 7 aromatic rings. The molecule has 0 unspecified atom stereocenters. The van der Waals surface area contributed by atoms with Gasteiger partial charge in [0.05, 0.1) is 0 Å². The molecule has 0 saturated heterocycles. The van der Waals surface area contributed by atoms with E-state index in [1.165, 1.54) is 70.9 Å². The Hall–Kier alpha value is -3.96. The van der Waals surface area contributed by atoms with Gasteiger partial charge in [0, 0.05) is 0 Å². The van der Waals surface area contributed by atoms with Gasteiger partial charge >= 0.3 is 23.1 Å². The first kappa shape index (κ1) is 28.2. The summed E-state index contributed by atoms with van der Waals surface area (Å²) >= 11 is 0. The van der Waals surface area contributed by atoms with Crippen molar-refractivity contribution in [3.63, 3.8) is 0 Å². The molecule has 1 aliphatic rings. The fraction of sp³-hybridized carbons (Fsp3) is 0.0500. The predicted octanol–water partition coefficient (Wildman–Crippen LogP) is 9.94. The average molecular weight is 563 g/mol. The number of rotatable bonds is 2. The summed E-state index contributed by atoms with van der Waals surface area (Å²) in [4.78, 5) is 0. The summed E-state index contributed by atoms with van der Waals surface area (Å²) in [5, 5.41) is 9.42. The van der Waals surface area contributed by atoms with E-state index in [1.807, 2.05) is 0 Å². The molecule has 0 N–H and O–H groups in total. The maximum absolute atomic E-state index is 3.73. The summed E-state index contributed by atoms with van der Waals surface area (Å²) in [6.45, 7) is 4.74. The molecule has 196 valence electrons. The Bertz CT molecular complexity index is 2090. The summed E-state index contributed by atoms with van der Waals surface area (Å²) in [5.41, 5.74) is 7.82. The van der Waals surface area contributed by atoms with Crippen LogP contribution in [0.3, 0.4) is 0 Å². The predicted molar refractivity (Wildman–Crippen MR) is 186 cm³/mol. The Morgan fingerprint density at radius 1 is 0.548 bits per heavy atom. The monoisotopic (exact) mass is 562 g/mol. The van der Waals surface area contributed by atoms with Gasteiger partial charge < -0.3 is 0 Å². The van der Waals surface area contributed by atoms with Gasteiger partial charge in [-0.2, -0.15) is 0 Å². The van der Waals surface area contributed by atoms with E-state index in [0.717, 1.165) is 0 Å². The molecular weight excluding hydrogens is 533 g/mol. The van der Waals surface area contributed by atoms with Gasteiger partial charge in [0.25, 0.3) is 0 Å². The third-order valence-corrected chi connectivity index (χ3v) is 9.50. The molecule has 0 spiro atoms. The van der Waals surface area contributed by atoms with Crippen LogP contribution in [0.15, 0.2) is 146 Å². The summed E-state index contributed by atoms with van der Waals surface area (Å²) in [6, 6.07) is 52.0. The molecule has 0 saturated carbocycles. The first-order valence-electron chi connectivity index (χ1n) is 14.2. The maximum Gasteiger partial charge on any atom is 2.00 e. The van der Waals surface area contributed by atoms with Crippen LogP contribution in [0, 0.1) is 6.08 Å². The van der Waals surface area contributed by atoms with Gasteiger partial charge in [-0.3, -0.25) is 0 Å². The fourth-order valence-electron chi connectivity index (χ4n) is 6.04. The second-order valence-electron chi connectivity index (χ2n) is 10.8. The van der Waals surface area contributed by atoms with Crippen molar-refractivity contribution in [3.8, 4) is 11.1 Å². The second kappa shape index (κ2) is 12.1. The zero-order chi connectivity index (χ0) is 27.8. The summed E-state index contributed by atoms with van der Waals surface area (Å²) in [6.07, 6.45) is 3.73. The number of allylic oxidation sites excluding steroid dienone is 1. The van der Waals surface area contributed by atoms with Crippen molar-refractivity contribution in [2.24, 2.45) is 0 Å². The number of benzene rings is 6. The summed E-state index contributed by atoms with van der Waals surface area (Å²) in [7, 11) is -0.570. The third kappa shape index (κ3) is 5.22. The van der Waals surface area contributed by atoms with Crippen molar-refractivity contribution >= 4 is 74.5 Å². The van der Waals surface area contributed by atoms with Gasteiger partial charge in [-0.05, 0) is 8.41 Å². The van der Waals surface area contributed by atoms with Crippen LogP contribution in [0.1, 0.15) is 16.7 Å². The number of fused-ring (bicyclic) bond motifs is 6. The smallest absolute Gasteiger partial charge is 0.145 e. The third-order valence-electron chi connectivity index (χ3n) is 7.98. The maximum atomic E-state index is 3.73. The molecule has 0 fully saturated rings. The number of hydrogen-bond acceptors (Lipinski definition) is 0. The largest absolute Gasteiger partial charge is 2.00 e. The molecule has 0 nitrogen and oxygen atoms in total. The Morgan fingerprint density at radius 3 is 1.79 bits per heavy atom. The van der Waals surface area contributed by atoms with Crippen LogP contribution in [0.2, 0.25) is 13.1 Å². The van der Waals surface area contributed by atoms with Crippen LogP contribution in [0.25, 0.3) is 49.0 Å². The molecule has 0 aromatic heterocycles. The van der Waals surface area contributed by atoms with Crippen molar-refractivity contribution in [3.05, 3.63) is 168 Å². The molecule has 7 aromatic carbocycles. The topological polar surface area (TPSA) is 0 Å². The van der Waals surface area contributed by atoms with Gasteiger partial charge in [-0.15, -0.1) is 56.4 Å². The van der Waals surface area contributed by atoms with E-state index in [-0.39, 0.29) is 23.1 Å². The van der Waals surface area contributed by atoms with E-state index in [4.69, 9.17) is 0 Å². The zero-order valence-electron chi connectivity index (χ0n) is 24.1. The molecule has 8 rings (SSSR count). The van der Waals surface area contributed by atoms with E-state index in [9.17, 15) is 0 Å². The molecule has 0 radical (unpaired) electrons. The van der Waals surface area contributed by atoms with Gasteiger partial charge in [-0.25, -0.2) is 0 Å². The Morgan fingerprint density at radius 2 is 1.10 bits per heavy atom. The van der Waals surface area contributed by atoms with Gasteiger partial charge in [0.2, 0.25) is 0 Å². The summed E-state index contributed by atoms with van der Waals surface area (Å²) < 4.78 is 0. The molecule has 1 aliphatic carbocycles. The number of hydrogen-bond donors (Lipinski definition) is 0. The van der Waals surface area contributed by atoms with Crippen LogP contribution in [0.4, 0.5) is 0 Å². The standard InChI is InChI=1S/C21H17Si.C19H13.Mg/c1-22(2)21-18-13-12-16-10-6-7-11-17(16)20(18)14-19(21)15-8-4-3-5-9-15;1-2-6-14(7-3-1)17-12-16-11-10-15-8-4-5-9-18(15)19(16)13-17;/h3-13H,1-2H3;1-13H;/q2*-1;+2. The fourth-order valence-corrected chi connectivity index (χ4v) is 7.49. The summed E-state index contributed by atoms with van der Waals surface area (Å²) in [5.74, 6) is 0. The van der Waals surface area contributed by atoms with Crippen molar-refractivity contribution in [1.29, 1.82) is 0 Å². The van der Waals surface area contributed by atoms with Crippen LogP contribution in [-0.2, 0) is 0 Å². The van der Waals surface area contributed by atoms with Gasteiger partial charge in [0.1, 0.15) is 0 Å². The molecule has 0 atom stereocenters. The quantitative estimate of drug-likeness (QED) is 0.145. The SMILES string of the molecule is C[Si](C)=C1C(c2ccccc2)=[C-]c2c1ccc1ccccc21.[Mg+2].c1ccc(-c2cc3ccc4ccccc4c3[cH-]2)cc1. The normalized spacial score (nSPS) is 12.0. The van der Waals surface area contributed by atoms with Crippen molar-refractivity contribution < 1.29 is 0 Å². The zero-order valence-corrected chi connectivity index (χ0v) is 26.5. The molecule has 0 heterocycles. The molecule has 0 amide bonds. The van der Waals surface area contributed by atoms with Crippen molar-refractivity contribution in [2.75, 3.05) is 0 Å². The van der Waals surface area contributed by atoms with Crippen molar-refractivity contribution in [2.45, 2.75) is 13.1 Å². The molecule has 0 bridgehead atoms. The minimum Gasteiger partial charge on any atom is -0.145 e. The van der Waals surface area contributed by atoms with E-state index >= 15 is 0 Å². The molecule has 2 heteroatoms. The Kier molecular flexibility index (Phi) is 8.12. The second-order valence-corrected chi connectivity index (χ2v) is 13.3. The van der Waals surface area contributed by atoms with Crippen LogP contribution < -0.4 is 0 Å². The van der Waals surface area contributed by atoms with Crippen molar-refractivity contribution in [1.82, 2.24) is 0 Å². The minimum atomic E-state index is -0.570. The van der Waals surface area contributed by atoms with Crippen LogP contribution in [0.5, 0.6) is 0 Å². The van der Waals surface area contributed by atoms with Gasteiger partial charge in [-0.1, -0.05) is 179 Å². The minimum absolute atomic E-state index is 0. The Labute approximate surface area is 265 Å². The van der Waals surface area contributed by atoms with Crippen LogP contribution in [-0.4, -0.2) is 36.6 Å². The van der Waals surface area contributed by atoms with Crippen LogP contribution >= 0.6 is 0 Å². The van der Waals surface area contributed by atoms with Gasteiger partial charge in [0.15, 0.2) is 0 Å². The Balaban J connectivity index is 0.000000148. The molecular formula is C40H30MgSi.